The first-order chi connectivity index (χ1) is 17.1. The number of carboxylic acids is 1. The van der Waals surface area contributed by atoms with Gasteiger partial charge in [0.05, 0.1) is 0 Å². The molecule has 3 aromatic carbocycles. The first-order valence-corrected chi connectivity index (χ1v) is 12.1. The van der Waals surface area contributed by atoms with Crippen LogP contribution >= 0.6 is 12.6 Å². The van der Waals surface area contributed by atoms with Gasteiger partial charge in [-0.05, 0) is 60.7 Å². The predicted molar refractivity (Wildman–Crippen MR) is 146 cm³/mol. The summed E-state index contributed by atoms with van der Waals surface area (Å²) in [6.45, 7) is 5.22. The maximum atomic E-state index is 13.1. The SMILES string of the molecule is CCc1ccc(C=C(NC(=O)c2ccc(-c3ccccc3)cc2)C(=O)NC(C(=O)O)C(C)(C)S)cc1. The van der Waals surface area contributed by atoms with Gasteiger partial charge in [0, 0.05) is 10.3 Å². The molecule has 1 atom stereocenters. The molecular formula is C29H30N2O4S. The maximum Gasteiger partial charge on any atom is 0.327 e. The second-order valence-electron chi connectivity index (χ2n) is 8.95. The summed E-state index contributed by atoms with van der Waals surface area (Å²) in [5.74, 6) is -2.44. The van der Waals surface area contributed by atoms with Crippen molar-refractivity contribution in [2.45, 2.75) is 38.0 Å². The fourth-order valence-electron chi connectivity index (χ4n) is 3.56. The molecule has 0 saturated carbocycles. The third kappa shape index (κ3) is 7.09. The van der Waals surface area contributed by atoms with Crippen LogP contribution in [-0.2, 0) is 16.0 Å². The van der Waals surface area contributed by atoms with E-state index in [2.05, 4.69) is 23.3 Å². The number of nitrogens with one attached hydrogen (secondary N) is 2. The van der Waals surface area contributed by atoms with Crippen molar-refractivity contribution in [2.75, 3.05) is 0 Å². The fraction of sp³-hybridized carbons (Fsp3) is 0.207. The van der Waals surface area contributed by atoms with Crippen molar-refractivity contribution in [2.24, 2.45) is 0 Å². The summed E-state index contributed by atoms with van der Waals surface area (Å²) < 4.78 is -1.04. The van der Waals surface area contributed by atoms with Gasteiger partial charge in [-0.15, -0.1) is 0 Å². The van der Waals surface area contributed by atoms with Crippen molar-refractivity contribution in [3.63, 3.8) is 0 Å². The second kappa shape index (κ2) is 11.7. The Bertz CT molecular complexity index is 1250. The highest BCUT2D eigenvalue weighted by Gasteiger charge is 2.34. The molecule has 0 heterocycles. The zero-order valence-corrected chi connectivity index (χ0v) is 21.4. The van der Waals surface area contributed by atoms with E-state index in [1.807, 2.05) is 73.7 Å². The van der Waals surface area contributed by atoms with Crippen LogP contribution in [0.15, 0.2) is 84.6 Å². The van der Waals surface area contributed by atoms with Crippen molar-refractivity contribution >= 4 is 36.5 Å². The van der Waals surface area contributed by atoms with E-state index in [0.717, 1.165) is 23.1 Å². The summed E-state index contributed by atoms with van der Waals surface area (Å²) in [6.07, 6.45) is 2.39. The molecule has 6 nitrogen and oxygen atoms in total. The third-order valence-electron chi connectivity index (χ3n) is 5.67. The number of aryl methyl sites for hydroxylation is 1. The monoisotopic (exact) mass is 502 g/mol. The Labute approximate surface area is 216 Å². The van der Waals surface area contributed by atoms with Gasteiger partial charge < -0.3 is 15.7 Å². The first-order valence-electron chi connectivity index (χ1n) is 11.6. The summed E-state index contributed by atoms with van der Waals surface area (Å²) in [5.41, 5.74) is 4.09. The minimum absolute atomic E-state index is 0.0692. The molecule has 0 bridgehead atoms. The van der Waals surface area contributed by atoms with Crippen molar-refractivity contribution in [3.05, 3.63) is 101 Å². The van der Waals surface area contributed by atoms with Crippen molar-refractivity contribution < 1.29 is 19.5 Å². The normalized spacial score (nSPS) is 12.5. The molecule has 2 amide bonds. The molecule has 0 radical (unpaired) electrons. The quantitative estimate of drug-likeness (QED) is 0.246. The van der Waals surface area contributed by atoms with Crippen LogP contribution in [0.5, 0.6) is 0 Å². The van der Waals surface area contributed by atoms with Gasteiger partial charge in [-0.2, -0.15) is 12.6 Å². The minimum Gasteiger partial charge on any atom is -0.480 e. The Morgan fingerprint density at radius 3 is 2.03 bits per heavy atom. The summed E-state index contributed by atoms with van der Waals surface area (Å²) in [4.78, 5) is 38.0. The number of aliphatic carboxylic acids is 1. The van der Waals surface area contributed by atoms with E-state index in [-0.39, 0.29) is 5.70 Å². The van der Waals surface area contributed by atoms with Gasteiger partial charge in [-0.1, -0.05) is 73.7 Å². The topological polar surface area (TPSA) is 95.5 Å². The summed E-state index contributed by atoms with van der Waals surface area (Å²) in [7, 11) is 0. The Kier molecular flexibility index (Phi) is 8.72. The highest BCUT2D eigenvalue weighted by molar-refractivity contribution is 7.81. The Morgan fingerprint density at radius 2 is 1.50 bits per heavy atom. The first kappa shape index (κ1) is 26.8. The number of hydrogen-bond acceptors (Lipinski definition) is 4. The Morgan fingerprint density at radius 1 is 0.917 bits per heavy atom. The number of hydrogen-bond donors (Lipinski definition) is 4. The highest BCUT2D eigenvalue weighted by atomic mass is 32.1. The van der Waals surface area contributed by atoms with E-state index >= 15 is 0 Å². The second-order valence-corrected chi connectivity index (χ2v) is 10.1. The van der Waals surface area contributed by atoms with E-state index in [4.69, 9.17) is 0 Å². The number of carbonyl (C=O) groups excluding carboxylic acids is 2. The molecule has 3 rings (SSSR count). The molecule has 0 aromatic heterocycles. The lowest BCUT2D eigenvalue weighted by molar-refractivity contribution is -0.142. The van der Waals surface area contributed by atoms with Gasteiger partial charge in [-0.25, -0.2) is 4.79 Å². The Hall–Kier alpha value is -3.84. The lowest BCUT2D eigenvalue weighted by atomic mass is 10.0. The zero-order valence-electron chi connectivity index (χ0n) is 20.5. The molecule has 1 unspecified atom stereocenters. The highest BCUT2D eigenvalue weighted by Crippen LogP contribution is 2.20. The van der Waals surface area contributed by atoms with Crippen molar-refractivity contribution in [1.82, 2.24) is 10.6 Å². The zero-order chi connectivity index (χ0) is 26.3. The van der Waals surface area contributed by atoms with Crippen LogP contribution in [0.2, 0.25) is 0 Å². The molecule has 0 aliphatic rings. The van der Waals surface area contributed by atoms with Crippen molar-refractivity contribution in [3.8, 4) is 11.1 Å². The average Bonchev–Trinajstić information content (AvgIpc) is 2.86. The number of carbonyl (C=O) groups is 3. The third-order valence-corrected chi connectivity index (χ3v) is 5.93. The lowest BCUT2D eigenvalue weighted by Crippen LogP contribution is -2.53. The standard InChI is InChI=1S/C29H30N2O4S/c1-4-19-10-12-20(13-11-19)18-24(27(33)31-25(28(34)35)29(2,3)36)30-26(32)23-16-14-22(15-17-23)21-8-6-5-7-9-21/h5-18,25,36H,4H2,1-3H3,(H,30,32)(H,31,33)(H,34,35). The Balaban J connectivity index is 1.88. The molecule has 0 aliphatic carbocycles. The van der Waals surface area contributed by atoms with Gasteiger partial charge in [0.2, 0.25) is 0 Å². The molecular weight excluding hydrogens is 472 g/mol. The molecule has 0 spiro atoms. The number of rotatable bonds is 9. The van der Waals surface area contributed by atoms with E-state index < -0.39 is 28.6 Å². The summed E-state index contributed by atoms with van der Waals surface area (Å²) >= 11 is 4.32. The number of benzene rings is 3. The van der Waals surface area contributed by atoms with E-state index in [9.17, 15) is 19.5 Å². The number of amides is 2. The van der Waals surface area contributed by atoms with Crippen LogP contribution in [0.4, 0.5) is 0 Å². The van der Waals surface area contributed by atoms with Gasteiger partial charge in [-0.3, -0.25) is 9.59 Å². The van der Waals surface area contributed by atoms with Gasteiger partial charge in [0.15, 0.2) is 0 Å². The van der Waals surface area contributed by atoms with Crippen LogP contribution in [0.25, 0.3) is 17.2 Å². The molecule has 3 N–H and O–H groups in total. The number of carboxylic acid groups (broad SMARTS) is 1. The number of thiol groups is 1. The molecule has 36 heavy (non-hydrogen) atoms. The van der Waals surface area contributed by atoms with Crippen LogP contribution in [0, 0.1) is 0 Å². The smallest absolute Gasteiger partial charge is 0.327 e. The van der Waals surface area contributed by atoms with Crippen LogP contribution < -0.4 is 10.6 Å². The molecule has 186 valence electrons. The summed E-state index contributed by atoms with van der Waals surface area (Å²) in [5, 5.41) is 14.7. The molecule has 3 aromatic rings. The summed E-state index contributed by atoms with van der Waals surface area (Å²) in [6, 6.07) is 23.1. The fourth-order valence-corrected chi connectivity index (χ4v) is 3.74. The molecule has 0 saturated heterocycles. The van der Waals surface area contributed by atoms with Crippen LogP contribution in [0.1, 0.15) is 42.3 Å². The van der Waals surface area contributed by atoms with Crippen LogP contribution in [0.3, 0.4) is 0 Å². The van der Waals surface area contributed by atoms with E-state index in [0.29, 0.717) is 11.1 Å². The van der Waals surface area contributed by atoms with Gasteiger partial charge >= 0.3 is 5.97 Å². The van der Waals surface area contributed by atoms with Gasteiger partial charge in [0.25, 0.3) is 11.8 Å². The average molecular weight is 503 g/mol. The van der Waals surface area contributed by atoms with Gasteiger partial charge in [0.1, 0.15) is 11.7 Å². The van der Waals surface area contributed by atoms with Crippen LogP contribution in [-0.4, -0.2) is 33.7 Å². The van der Waals surface area contributed by atoms with E-state index in [1.165, 1.54) is 6.08 Å². The molecule has 7 heteroatoms. The molecule has 0 aliphatic heterocycles. The largest absolute Gasteiger partial charge is 0.480 e. The molecule has 0 fully saturated rings. The minimum atomic E-state index is -1.28. The van der Waals surface area contributed by atoms with E-state index in [1.54, 1.807) is 26.0 Å². The predicted octanol–water partition coefficient (Wildman–Crippen LogP) is 4.96. The maximum absolute atomic E-state index is 13.1. The van der Waals surface area contributed by atoms with Crippen molar-refractivity contribution in [1.29, 1.82) is 0 Å². The lowest BCUT2D eigenvalue weighted by Gasteiger charge is -2.27.